The number of nitrogens with zero attached hydrogens (tertiary/aromatic N) is 3. The van der Waals surface area contributed by atoms with Crippen molar-refractivity contribution in [2.45, 2.75) is 19.8 Å². The number of aromatic nitrogens is 3. The third-order valence-electron chi connectivity index (χ3n) is 3.26. The highest BCUT2D eigenvalue weighted by Gasteiger charge is 2.16. The highest BCUT2D eigenvalue weighted by molar-refractivity contribution is 9.10. The first-order chi connectivity index (χ1) is 10.1. The van der Waals surface area contributed by atoms with Gasteiger partial charge in [-0.1, -0.05) is 43.6 Å². The molecule has 1 aromatic carbocycles. The average molecular weight is 363 g/mol. The van der Waals surface area contributed by atoms with Crippen LogP contribution in [0.2, 0.25) is 5.15 Å². The number of hydrogen-bond donors (Lipinski definition) is 0. The van der Waals surface area contributed by atoms with Gasteiger partial charge >= 0.3 is 0 Å². The SMILES string of the molecule is CC(C)c1nc(-c2cccc3cccnc23)nc(Cl)c1Br. The van der Waals surface area contributed by atoms with Crippen LogP contribution in [0.5, 0.6) is 0 Å². The van der Waals surface area contributed by atoms with Gasteiger partial charge in [0, 0.05) is 17.1 Å². The van der Waals surface area contributed by atoms with Gasteiger partial charge in [-0.25, -0.2) is 9.97 Å². The van der Waals surface area contributed by atoms with Crippen LogP contribution in [0.15, 0.2) is 41.0 Å². The van der Waals surface area contributed by atoms with Crippen LogP contribution < -0.4 is 0 Å². The molecule has 0 spiro atoms. The summed E-state index contributed by atoms with van der Waals surface area (Å²) in [5, 5.41) is 1.49. The standard InChI is InChI=1S/C16H13BrClN3/c1-9(2)13-12(17)15(18)21-16(20-13)11-7-3-5-10-6-4-8-19-14(10)11/h3-9H,1-2H3. The fraction of sp³-hybridized carbons (Fsp3) is 0.188. The maximum absolute atomic E-state index is 6.25. The maximum atomic E-state index is 6.25. The lowest BCUT2D eigenvalue weighted by Crippen LogP contribution is -2.01. The van der Waals surface area contributed by atoms with Gasteiger partial charge in [-0.3, -0.25) is 4.98 Å². The first kappa shape index (κ1) is 14.4. The fourth-order valence-electron chi connectivity index (χ4n) is 2.22. The molecular formula is C16H13BrClN3. The molecule has 0 aliphatic rings. The van der Waals surface area contributed by atoms with Crippen LogP contribution in [0.25, 0.3) is 22.3 Å². The van der Waals surface area contributed by atoms with Crippen molar-refractivity contribution in [2.24, 2.45) is 0 Å². The molecule has 3 rings (SSSR count). The maximum Gasteiger partial charge on any atom is 0.163 e. The normalized spacial score (nSPS) is 11.3. The number of benzene rings is 1. The van der Waals surface area contributed by atoms with Crippen molar-refractivity contribution in [3.8, 4) is 11.4 Å². The first-order valence-electron chi connectivity index (χ1n) is 6.65. The van der Waals surface area contributed by atoms with Crippen LogP contribution in [0.4, 0.5) is 0 Å². The molecule has 0 saturated carbocycles. The molecule has 0 fully saturated rings. The van der Waals surface area contributed by atoms with Gasteiger partial charge in [0.2, 0.25) is 0 Å². The van der Waals surface area contributed by atoms with Gasteiger partial charge in [-0.05, 0) is 34.0 Å². The van der Waals surface area contributed by atoms with Gasteiger partial charge < -0.3 is 0 Å². The van der Waals surface area contributed by atoms with Crippen LogP contribution in [-0.2, 0) is 0 Å². The quantitative estimate of drug-likeness (QED) is 0.586. The van der Waals surface area contributed by atoms with Crippen LogP contribution in [0.1, 0.15) is 25.5 Å². The van der Waals surface area contributed by atoms with E-state index in [9.17, 15) is 0 Å². The van der Waals surface area contributed by atoms with Crippen LogP contribution in [-0.4, -0.2) is 15.0 Å². The van der Waals surface area contributed by atoms with Gasteiger partial charge in [-0.15, -0.1) is 0 Å². The highest BCUT2D eigenvalue weighted by Crippen LogP contribution is 2.32. The Bertz CT molecular complexity index is 812. The van der Waals surface area contributed by atoms with Crippen molar-refractivity contribution < 1.29 is 0 Å². The molecule has 0 bridgehead atoms. The van der Waals surface area contributed by atoms with E-state index in [4.69, 9.17) is 11.6 Å². The lowest BCUT2D eigenvalue weighted by atomic mass is 10.1. The van der Waals surface area contributed by atoms with Gasteiger partial charge in [0.25, 0.3) is 0 Å². The molecular weight excluding hydrogens is 350 g/mol. The van der Waals surface area contributed by atoms with Crippen LogP contribution >= 0.6 is 27.5 Å². The van der Waals surface area contributed by atoms with E-state index in [2.05, 4.69) is 44.7 Å². The van der Waals surface area contributed by atoms with Gasteiger partial charge in [0.15, 0.2) is 5.82 Å². The summed E-state index contributed by atoms with van der Waals surface area (Å²) in [7, 11) is 0. The van der Waals surface area contributed by atoms with E-state index in [0.717, 1.165) is 26.6 Å². The summed E-state index contributed by atoms with van der Waals surface area (Å²) in [5.41, 5.74) is 2.68. The molecule has 0 amide bonds. The van der Waals surface area contributed by atoms with Gasteiger partial charge in [0.05, 0.1) is 15.7 Å². The number of fused-ring (bicyclic) bond motifs is 1. The number of hydrogen-bond acceptors (Lipinski definition) is 3. The summed E-state index contributed by atoms with van der Waals surface area (Å²) in [6.45, 7) is 4.16. The third kappa shape index (κ3) is 2.65. The van der Waals surface area contributed by atoms with Crippen molar-refractivity contribution in [1.29, 1.82) is 0 Å². The molecule has 0 aliphatic heterocycles. The molecule has 0 unspecified atom stereocenters. The summed E-state index contributed by atoms with van der Waals surface area (Å²) >= 11 is 9.71. The van der Waals surface area contributed by atoms with Gasteiger partial charge in [0.1, 0.15) is 5.15 Å². The second kappa shape index (κ2) is 5.70. The molecule has 0 atom stereocenters. The monoisotopic (exact) mass is 361 g/mol. The predicted octanol–water partition coefficient (Wildman–Crippen LogP) is 5.23. The topological polar surface area (TPSA) is 38.7 Å². The third-order valence-corrected chi connectivity index (χ3v) is 4.54. The van der Waals surface area contributed by atoms with E-state index < -0.39 is 0 Å². The zero-order valence-electron chi connectivity index (χ0n) is 11.6. The van der Waals surface area contributed by atoms with Crippen LogP contribution in [0.3, 0.4) is 0 Å². The summed E-state index contributed by atoms with van der Waals surface area (Å²) in [6.07, 6.45) is 1.77. The molecule has 3 aromatic rings. The molecule has 3 nitrogen and oxygen atoms in total. The molecule has 0 radical (unpaired) electrons. The summed E-state index contributed by atoms with van der Waals surface area (Å²) < 4.78 is 0.760. The number of rotatable bonds is 2. The molecule has 0 N–H and O–H groups in total. The fourth-order valence-corrected chi connectivity index (χ4v) is 3.04. The predicted molar refractivity (Wildman–Crippen MR) is 89.6 cm³/mol. The van der Waals surface area contributed by atoms with Crippen molar-refractivity contribution in [3.05, 3.63) is 51.8 Å². The van der Waals surface area contributed by atoms with Crippen molar-refractivity contribution in [1.82, 2.24) is 15.0 Å². The number of halogens is 2. The molecule has 0 aliphatic carbocycles. The molecule has 106 valence electrons. The van der Waals surface area contributed by atoms with Crippen molar-refractivity contribution in [3.63, 3.8) is 0 Å². The smallest absolute Gasteiger partial charge is 0.163 e. The lowest BCUT2D eigenvalue weighted by Gasteiger charge is -2.11. The zero-order valence-corrected chi connectivity index (χ0v) is 14.0. The summed E-state index contributed by atoms with van der Waals surface area (Å²) in [6, 6.07) is 9.92. The molecule has 5 heteroatoms. The second-order valence-corrected chi connectivity index (χ2v) is 6.22. The van der Waals surface area contributed by atoms with Crippen molar-refractivity contribution in [2.75, 3.05) is 0 Å². The molecule has 2 aromatic heterocycles. The Hall–Kier alpha value is -1.52. The Morgan fingerprint density at radius 2 is 1.86 bits per heavy atom. The Morgan fingerprint density at radius 1 is 1.10 bits per heavy atom. The van der Waals surface area contributed by atoms with Gasteiger partial charge in [-0.2, -0.15) is 0 Å². The van der Waals surface area contributed by atoms with E-state index in [1.807, 2.05) is 30.3 Å². The Balaban J connectivity index is 2.28. The Kier molecular flexibility index (Phi) is 3.91. The summed E-state index contributed by atoms with van der Waals surface area (Å²) in [4.78, 5) is 13.5. The van der Waals surface area contributed by atoms with E-state index in [0.29, 0.717) is 11.0 Å². The minimum atomic E-state index is 0.251. The number of pyridine rings is 1. The highest BCUT2D eigenvalue weighted by atomic mass is 79.9. The Labute approximate surface area is 136 Å². The lowest BCUT2D eigenvalue weighted by molar-refractivity contribution is 0.809. The molecule has 0 saturated heterocycles. The first-order valence-corrected chi connectivity index (χ1v) is 7.82. The minimum absolute atomic E-state index is 0.251. The average Bonchev–Trinajstić information content (AvgIpc) is 2.49. The second-order valence-electron chi connectivity index (χ2n) is 5.07. The van der Waals surface area contributed by atoms with Crippen LogP contribution in [0, 0.1) is 0 Å². The van der Waals surface area contributed by atoms with E-state index >= 15 is 0 Å². The molecule has 2 heterocycles. The van der Waals surface area contributed by atoms with Crippen molar-refractivity contribution >= 4 is 38.4 Å². The zero-order chi connectivity index (χ0) is 15.0. The largest absolute Gasteiger partial charge is 0.255 e. The van der Waals surface area contributed by atoms with E-state index in [1.54, 1.807) is 6.20 Å². The number of para-hydroxylation sites is 1. The van der Waals surface area contributed by atoms with E-state index in [-0.39, 0.29) is 5.92 Å². The van der Waals surface area contributed by atoms with E-state index in [1.165, 1.54) is 0 Å². The molecule has 21 heavy (non-hydrogen) atoms. The Morgan fingerprint density at radius 3 is 2.62 bits per heavy atom. The minimum Gasteiger partial charge on any atom is -0.255 e. The summed E-state index contributed by atoms with van der Waals surface area (Å²) in [5.74, 6) is 0.859.